The van der Waals surface area contributed by atoms with Gasteiger partial charge in [0.05, 0.1) is 12.1 Å². The molecule has 24 heavy (non-hydrogen) atoms. The molecule has 0 fully saturated rings. The Morgan fingerprint density at radius 2 is 2.00 bits per heavy atom. The van der Waals surface area contributed by atoms with Crippen molar-refractivity contribution in [1.29, 1.82) is 0 Å². The van der Waals surface area contributed by atoms with Gasteiger partial charge >= 0.3 is 0 Å². The van der Waals surface area contributed by atoms with Crippen LogP contribution in [0.3, 0.4) is 0 Å². The zero-order chi connectivity index (χ0) is 17.3. The predicted octanol–water partition coefficient (Wildman–Crippen LogP) is 5.43. The van der Waals surface area contributed by atoms with Crippen LogP contribution in [0.15, 0.2) is 41.8 Å². The van der Waals surface area contributed by atoms with Gasteiger partial charge in [-0.25, -0.2) is 0 Å². The number of nitrogens with one attached hydrogen (secondary N) is 1. The number of carbonyl (C=O) groups excluding carboxylic acids is 1. The second kappa shape index (κ2) is 6.83. The van der Waals surface area contributed by atoms with Gasteiger partial charge in [0.25, 0.3) is 5.91 Å². The highest BCUT2D eigenvalue weighted by atomic mass is 35.5. The van der Waals surface area contributed by atoms with Crippen LogP contribution in [0.25, 0.3) is 0 Å². The Kier molecular flexibility index (Phi) is 4.78. The number of thiophene rings is 1. The molecule has 3 nitrogen and oxygen atoms in total. The molecular weight excluding hydrogens is 340 g/mol. The molecule has 0 aliphatic rings. The van der Waals surface area contributed by atoms with E-state index in [-0.39, 0.29) is 5.91 Å². The van der Waals surface area contributed by atoms with Crippen molar-refractivity contribution in [3.63, 3.8) is 0 Å². The van der Waals surface area contributed by atoms with Gasteiger partial charge < -0.3 is 9.88 Å². The van der Waals surface area contributed by atoms with Gasteiger partial charge in [0.1, 0.15) is 0 Å². The van der Waals surface area contributed by atoms with Gasteiger partial charge in [-0.15, -0.1) is 11.3 Å². The summed E-state index contributed by atoms with van der Waals surface area (Å²) in [5, 5.41) is 5.69. The van der Waals surface area contributed by atoms with Gasteiger partial charge in [-0.1, -0.05) is 23.7 Å². The van der Waals surface area contributed by atoms with Gasteiger partial charge in [-0.2, -0.15) is 0 Å². The van der Waals surface area contributed by atoms with Crippen molar-refractivity contribution in [1.82, 2.24) is 4.57 Å². The lowest BCUT2D eigenvalue weighted by Gasteiger charge is -2.11. The van der Waals surface area contributed by atoms with E-state index in [0.29, 0.717) is 10.6 Å². The molecule has 0 saturated carbocycles. The van der Waals surface area contributed by atoms with Crippen LogP contribution in [-0.2, 0) is 6.54 Å². The van der Waals surface area contributed by atoms with E-state index >= 15 is 0 Å². The molecule has 0 saturated heterocycles. The van der Waals surface area contributed by atoms with Crippen LogP contribution in [0, 0.1) is 20.8 Å². The fourth-order valence-electron chi connectivity index (χ4n) is 2.77. The minimum atomic E-state index is -0.106. The summed E-state index contributed by atoms with van der Waals surface area (Å²) < 4.78 is 2.17. The Morgan fingerprint density at radius 1 is 1.21 bits per heavy atom. The number of nitrogens with zero attached hydrogens (tertiary/aromatic N) is 1. The summed E-state index contributed by atoms with van der Waals surface area (Å²) in [5.74, 6) is -0.106. The summed E-state index contributed by atoms with van der Waals surface area (Å²) in [5.41, 5.74) is 4.37. The molecule has 3 rings (SSSR count). The highest BCUT2D eigenvalue weighted by Crippen LogP contribution is 2.25. The van der Waals surface area contributed by atoms with Crippen LogP contribution in [0.4, 0.5) is 5.69 Å². The number of benzene rings is 1. The fraction of sp³-hybridized carbons (Fsp3) is 0.211. The molecule has 0 spiro atoms. The first kappa shape index (κ1) is 16.8. The highest BCUT2D eigenvalue weighted by Gasteiger charge is 2.17. The molecule has 0 bridgehead atoms. The fourth-order valence-corrected chi connectivity index (χ4v) is 3.63. The monoisotopic (exact) mass is 358 g/mol. The van der Waals surface area contributed by atoms with Crippen molar-refractivity contribution in [3.8, 4) is 0 Å². The number of halogens is 1. The molecule has 1 aromatic carbocycles. The molecule has 0 unspecified atom stereocenters. The highest BCUT2D eigenvalue weighted by molar-refractivity contribution is 7.09. The number of aryl methyl sites for hydroxylation is 1. The molecule has 2 aromatic heterocycles. The van der Waals surface area contributed by atoms with E-state index in [1.807, 2.05) is 51.1 Å². The molecule has 3 aromatic rings. The third kappa shape index (κ3) is 3.25. The molecule has 1 N–H and O–H groups in total. The van der Waals surface area contributed by atoms with Gasteiger partial charge in [0.15, 0.2) is 0 Å². The molecule has 0 radical (unpaired) electrons. The van der Waals surface area contributed by atoms with Crippen LogP contribution in [0.2, 0.25) is 5.02 Å². The van der Waals surface area contributed by atoms with Crippen molar-refractivity contribution in [2.24, 2.45) is 0 Å². The molecule has 0 aliphatic carbocycles. The summed E-state index contributed by atoms with van der Waals surface area (Å²) >= 11 is 7.85. The van der Waals surface area contributed by atoms with Crippen molar-refractivity contribution in [3.05, 3.63) is 74.2 Å². The average molecular weight is 359 g/mol. The minimum absolute atomic E-state index is 0.106. The van der Waals surface area contributed by atoms with Crippen LogP contribution < -0.4 is 5.32 Å². The number of rotatable bonds is 4. The summed E-state index contributed by atoms with van der Waals surface area (Å²) in [6.45, 7) is 6.71. The van der Waals surface area contributed by atoms with Gasteiger partial charge in [-0.3, -0.25) is 4.79 Å². The van der Waals surface area contributed by atoms with Crippen LogP contribution >= 0.6 is 22.9 Å². The van der Waals surface area contributed by atoms with Crippen LogP contribution in [0.1, 0.15) is 32.2 Å². The van der Waals surface area contributed by atoms with Crippen molar-refractivity contribution in [2.75, 3.05) is 5.32 Å². The first-order valence-corrected chi connectivity index (χ1v) is 8.98. The number of amides is 1. The first-order chi connectivity index (χ1) is 11.5. The Balaban J connectivity index is 1.87. The molecular formula is C19H19ClN2OS. The van der Waals surface area contributed by atoms with E-state index in [2.05, 4.69) is 21.3 Å². The van der Waals surface area contributed by atoms with Crippen LogP contribution in [0.5, 0.6) is 0 Å². The lowest BCUT2D eigenvalue weighted by molar-refractivity contribution is 0.102. The number of carbonyl (C=O) groups is 1. The van der Waals surface area contributed by atoms with E-state index in [1.54, 1.807) is 11.3 Å². The summed E-state index contributed by atoms with van der Waals surface area (Å²) in [6, 6.07) is 11.6. The predicted molar refractivity (Wildman–Crippen MR) is 101 cm³/mol. The summed E-state index contributed by atoms with van der Waals surface area (Å²) in [6.07, 6.45) is 0. The maximum atomic E-state index is 12.7. The number of anilines is 1. The Morgan fingerprint density at radius 3 is 2.71 bits per heavy atom. The molecule has 0 atom stereocenters. The minimum Gasteiger partial charge on any atom is -0.343 e. The maximum absolute atomic E-state index is 12.7. The lowest BCUT2D eigenvalue weighted by Crippen LogP contribution is -2.14. The van der Waals surface area contributed by atoms with Crippen LogP contribution in [-0.4, -0.2) is 10.5 Å². The topological polar surface area (TPSA) is 34.0 Å². The Labute approximate surface area is 150 Å². The van der Waals surface area contributed by atoms with Gasteiger partial charge in [0, 0.05) is 27.0 Å². The Bertz CT molecular complexity index is 881. The normalized spacial score (nSPS) is 10.8. The largest absolute Gasteiger partial charge is 0.343 e. The quantitative estimate of drug-likeness (QED) is 0.663. The summed E-state index contributed by atoms with van der Waals surface area (Å²) in [7, 11) is 0. The molecule has 124 valence electrons. The van der Waals surface area contributed by atoms with E-state index in [0.717, 1.165) is 29.2 Å². The third-order valence-electron chi connectivity index (χ3n) is 4.23. The van der Waals surface area contributed by atoms with E-state index in [4.69, 9.17) is 11.6 Å². The van der Waals surface area contributed by atoms with E-state index in [9.17, 15) is 4.79 Å². The Hall–Kier alpha value is -2.04. The third-order valence-corrected chi connectivity index (χ3v) is 5.50. The van der Waals surface area contributed by atoms with E-state index < -0.39 is 0 Å². The molecule has 5 heteroatoms. The lowest BCUT2D eigenvalue weighted by atomic mass is 10.1. The number of aromatic nitrogens is 1. The van der Waals surface area contributed by atoms with Crippen molar-refractivity contribution < 1.29 is 4.79 Å². The van der Waals surface area contributed by atoms with Crippen molar-refractivity contribution >= 4 is 34.5 Å². The van der Waals surface area contributed by atoms with Gasteiger partial charge in [-0.05, 0) is 56.0 Å². The maximum Gasteiger partial charge on any atom is 0.257 e. The first-order valence-electron chi connectivity index (χ1n) is 7.73. The zero-order valence-corrected chi connectivity index (χ0v) is 15.5. The van der Waals surface area contributed by atoms with E-state index in [1.165, 1.54) is 4.88 Å². The molecule has 2 heterocycles. The smallest absolute Gasteiger partial charge is 0.257 e. The number of hydrogen-bond acceptors (Lipinski definition) is 2. The second-order valence-electron chi connectivity index (χ2n) is 5.82. The van der Waals surface area contributed by atoms with Gasteiger partial charge in [0.2, 0.25) is 0 Å². The summed E-state index contributed by atoms with van der Waals surface area (Å²) in [4.78, 5) is 14.0. The molecule has 1 amide bonds. The average Bonchev–Trinajstić information content (AvgIpc) is 3.15. The zero-order valence-electron chi connectivity index (χ0n) is 13.9. The standard InChI is InChI=1S/C19H19ClN2OS/c1-12-10-16(14(3)22(12)11-15-6-5-9-24-15)19(23)21-18-8-4-7-17(20)13(18)2/h4-10H,11H2,1-3H3,(H,21,23). The molecule has 0 aliphatic heterocycles. The van der Waals surface area contributed by atoms with Crippen molar-refractivity contribution in [2.45, 2.75) is 27.3 Å². The number of hydrogen-bond donors (Lipinski definition) is 1. The SMILES string of the molecule is Cc1c(Cl)cccc1NC(=O)c1cc(C)n(Cc2cccs2)c1C. The second-order valence-corrected chi connectivity index (χ2v) is 7.26.